The van der Waals surface area contributed by atoms with Gasteiger partial charge in [0.1, 0.15) is 0 Å². The first-order valence-corrected chi connectivity index (χ1v) is 13.8. The number of sulfonamides is 1. The Labute approximate surface area is 214 Å². The number of alkyl halides is 3. The molecule has 4 rings (SSSR count). The molecule has 2 N–H and O–H groups in total. The van der Waals surface area contributed by atoms with E-state index in [4.69, 9.17) is 28.2 Å². The molecule has 1 fully saturated rings. The van der Waals surface area contributed by atoms with Gasteiger partial charge in [-0.25, -0.2) is 23.4 Å². The van der Waals surface area contributed by atoms with E-state index in [0.717, 1.165) is 30.9 Å². The van der Waals surface area contributed by atoms with Gasteiger partial charge in [-0.15, -0.1) is 11.3 Å². The molecule has 188 valence electrons. The van der Waals surface area contributed by atoms with E-state index in [-0.39, 0.29) is 21.9 Å². The number of halogens is 5. The van der Waals surface area contributed by atoms with Gasteiger partial charge in [0, 0.05) is 17.7 Å². The highest BCUT2D eigenvalue weighted by atomic mass is 35.5. The Kier molecular flexibility index (Phi) is 7.86. The fourth-order valence-corrected chi connectivity index (χ4v) is 6.45. The van der Waals surface area contributed by atoms with Gasteiger partial charge < -0.3 is 5.32 Å². The van der Waals surface area contributed by atoms with Gasteiger partial charge in [-0.3, -0.25) is 4.72 Å². The normalized spacial score (nSPS) is 15.3. The quantitative estimate of drug-likeness (QED) is 0.355. The lowest BCUT2D eigenvalue weighted by molar-refractivity contribution is -0.129. The van der Waals surface area contributed by atoms with Crippen molar-refractivity contribution in [3.63, 3.8) is 0 Å². The summed E-state index contributed by atoms with van der Waals surface area (Å²) in [5.74, 6) is -0.882. The van der Waals surface area contributed by atoms with E-state index in [0.29, 0.717) is 21.8 Å². The molecule has 0 unspecified atom stereocenters. The van der Waals surface area contributed by atoms with Crippen molar-refractivity contribution in [1.82, 2.24) is 20.3 Å². The summed E-state index contributed by atoms with van der Waals surface area (Å²) in [7, 11) is -4.29. The second-order valence-electron chi connectivity index (χ2n) is 7.92. The van der Waals surface area contributed by atoms with Gasteiger partial charge in [-0.2, -0.15) is 13.2 Å². The number of aromatic nitrogens is 3. The molecule has 14 heteroatoms. The maximum atomic E-state index is 12.5. The fraction of sp³-hybridized carbons (Fsp3) is 0.381. The molecule has 1 aromatic carbocycles. The number of nitrogens with one attached hydrogen (secondary N) is 2. The number of benzene rings is 1. The lowest BCUT2D eigenvalue weighted by Crippen LogP contribution is -2.26. The third-order valence-electron chi connectivity index (χ3n) is 5.36. The van der Waals surface area contributed by atoms with Crippen LogP contribution in [0, 0.1) is 0 Å². The van der Waals surface area contributed by atoms with Crippen LogP contribution in [0.15, 0.2) is 30.5 Å². The first-order chi connectivity index (χ1) is 16.5. The van der Waals surface area contributed by atoms with Crippen molar-refractivity contribution in [2.24, 2.45) is 0 Å². The molecule has 1 aliphatic heterocycles. The van der Waals surface area contributed by atoms with Crippen molar-refractivity contribution in [1.29, 1.82) is 0 Å². The number of anilines is 1. The summed E-state index contributed by atoms with van der Waals surface area (Å²) in [4.78, 5) is 13.8. The Balaban J connectivity index is 1.74. The Morgan fingerprint density at radius 2 is 1.89 bits per heavy atom. The average molecular weight is 566 g/mol. The number of piperidine rings is 1. The summed E-state index contributed by atoms with van der Waals surface area (Å²) in [5.41, 5.74) is 1.41. The topological polar surface area (TPSA) is 96.9 Å². The van der Waals surface area contributed by atoms with Crippen LogP contribution in [-0.4, -0.2) is 48.4 Å². The fourth-order valence-electron chi connectivity index (χ4n) is 3.66. The van der Waals surface area contributed by atoms with Gasteiger partial charge in [0.25, 0.3) is 0 Å². The minimum absolute atomic E-state index is 0.0200. The summed E-state index contributed by atoms with van der Waals surface area (Å²) in [6, 6.07) is 6.30. The molecule has 7 nitrogen and oxygen atoms in total. The highest BCUT2D eigenvalue weighted by Gasteiger charge is 2.30. The third-order valence-corrected chi connectivity index (χ3v) is 8.47. The smallest absolute Gasteiger partial charge is 0.317 e. The molecular formula is C21H20Cl2F3N5O2S2. The minimum Gasteiger partial charge on any atom is -0.317 e. The summed E-state index contributed by atoms with van der Waals surface area (Å²) >= 11 is 14.0. The van der Waals surface area contributed by atoms with Crippen LogP contribution in [0.2, 0.25) is 10.3 Å². The van der Waals surface area contributed by atoms with E-state index in [1.54, 1.807) is 18.2 Å². The molecule has 0 radical (unpaired) electrons. The van der Waals surface area contributed by atoms with E-state index in [1.165, 1.54) is 23.6 Å². The Morgan fingerprint density at radius 1 is 1.14 bits per heavy atom. The molecule has 1 aliphatic rings. The zero-order chi connectivity index (χ0) is 25.2. The maximum Gasteiger partial charge on any atom is 0.390 e. The van der Waals surface area contributed by atoms with Crippen molar-refractivity contribution in [2.45, 2.75) is 31.4 Å². The minimum atomic E-state index is -4.60. The molecule has 0 aliphatic carbocycles. The van der Waals surface area contributed by atoms with E-state index in [2.05, 4.69) is 20.0 Å². The van der Waals surface area contributed by atoms with Crippen LogP contribution in [0.1, 0.15) is 30.2 Å². The summed E-state index contributed by atoms with van der Waals surface area (Å²) in [6.45, 7) is 1.73. The van der Waals surface area contributed by atoms with Gasteiger partial charge >= 0.3 is 6.18 Å². The zero-order valence-corrected chi connectivity index (χ0v) is 21.2. The van der Waals surface area contributed by atoms with Crippen LogP contribution in [0.3, 0.4) is 0 Å². The second-order valence-corrected chi connectivity index (χ2v) is 11.5. The maximum absolute atomic E-state index is 12.5. The van der Waals surface area contributed by atoms with E-state index < -0.39 is 28.4 Å². The van der Waals surface area contributed by atoms with Gasteiger partial charge in [-0.1, -0.05) is 23.7 Å². The largest absolute Gasteiger partial charge is 0.390 e. The van der Waals surface area contributed by atoms with Crippen molar-refractivity contribution >= 4 is 50.2 Å². The molecule has 35 heavy (non-hydrogen) atoms. The number of rotatable bonds is 7. The molecule has 2 aromatic heterocycles. The van der Waals surface area contributed by atoms with Gasteiger partial charge in [-0.05, 0) is 49.7 Å². The lowest BCUT2D eigenvalue weighted by Gasteiger charge is -2.20. The van der Waals surface area contributed by atoms with Crippen LogP contribution in [0.25, 0.3) is 21.8 Å². The van der Waals surface area contributed by atoms with Crippen molar-refractivity contribution in [3.8, 4) is 21.8 Å². The molecule has 0 saturated carbocycles. The third kappa shape index (κ3) is 6.62. The number of nitrogens with zero attached hydrogens (tertiary/aromatic N) is 3. The predicted octanol–water partition coefficient (Wildman–Crippen LogP) is 5.74. The summed E-state index contributed by atoms with van der Waals surface area (Å²) in [6.07, 6.45) is -2.73. The highest BCUT2D eigenvalue weighted by molar-refractivity contribution is 7.92. The summed E-state index contributed by atoms with van der Waals surface area (Å²) < 4.78 is 64.3. The summed E-state index contributed by atoms with van der Waals surface area (Å²) in [5, 5.41) is 4.28. The standard InChI is InChI=1S/C21H20Cl2F3N5O2S2/c22-16-13(2-1-3-14(16)31-35(32,33)11-7-21(24,25)26)17-18(15-6-10-28-20(23)29-15)34-19(30-17)12-4-8-27-9-5-12/h1-3,6,10,12,27,31H,4-5,7-9,11H2. The van der Waals surface area contributed by atoms with Crippen LogP contribution in [-0.2, 0) is 10.0 Å². The molecule has 3 heterocycles. The SMILES string of the molecule is O=S(=O)(CCC(F)(F)F)Nc1cccc(-c2nc(C3CCNCC3)sc2-c2ccnc(Cl)n2)c1Cl. The van der Waals surface area contributed by atoms with E-state index in [1.807, 2.05) is 0 Å². The van der Waals surface area contributed by atoms with E-state index in [9.17, 15) is 21.6 Å². The van der Waals surface area contributed by atoms with Crippen LogP contribution in [0.5, 0.6) is 0 Å². The zero-order valence-electron chi connectivity index (χ0n) is 18.1. The van der Waals surface area contributed by atoms with Crippen LogP contribution in [0.4, 0.5) is 18.9 Å². The monoisotopic (exact) mass is 565 g/mol. The van der Waals surface area contributed by atoms with Crippen molar-refractivity contribution < 1.29 is 21.6 Å². The van der Waals surface area contributed by atoms with Gasteiger partial charge in [0.05, 0.1) is 44.2 Å². The molecule has 0 spiro atoms. The molecule has 1 saturated heterocycles. The molecule has 0 bridgehead atoms. The lowest BCUT2D eigenvalue weighted by atomic mass is 9.99. The van der Waals surface area contributed by atoms with Crippen LogP contribution >= 0.6 is 34.5 Å². The van der Waals surface area contributed by atoms with E-state index >= 15 is 0 Å². The molecular weight excluding hydrogens is 546 g/mol. The van der Waals surface area contributed by atoms with Crippen LogP contribution < -0.4 is 10.0 Å². The molecule has 0 amide bonds. The number of hydrogen-bond donors (Lipinski definition) is 2. The molecule has 3 aromatic rings. The predicted molar refractivity (Wildman–Crippen MR) is 132 cm³/mol. The number of thiazole rings is 1. The molecule has 0 atom stereocenters. The average Bonchev–Trinajstić information content (AvgIpc) is 3.25. The Morgan fingerprint density at radius 3 is 2.57 bits per heavy atom. The first-order valence-electron chi connectivity index (χ1n) is 10.6. The second kappa shape index (κ2) is 10.6. The Bertz CT molecular complexity index is 1310. The van der Waals surface area contributed by atoms with Gasteiger partial charge in [0.2, 0.25) is 15.3 Å². The van der Waals surface area contributed by atoms with Crippen molar-refractivity contribution in [2.75, 3.05) is 23.6 Å². The Hall–Kier alpha value is -1.99. The number of hydrogen-bond acceptors (Lipinski definition) is 7. The van der Waals surface area contributed by atoms with Gasteiger partial charge in [0.15, 0.2) is 0 Å². The van der Waals surface area contributed by atoms with Crippen molar-refractivity contribution in [3.05, 3.63) is 45.8 Å². The first kappa shape index (κ1) is 26.1. The highest BCUT2D eigenvalue weighted by Crippen LogP contribution is 2.44.